The average molecular weight is 256 g/mol. The predicted molar refractivity (Wildman–Crippen MR) is 77.4 cm³/mol. The molecule has 1 aromatic carbocycles. The molecule has 0 atom stereocenters. The zero-order valence-corrected chi connectivity index (χ0v) is 11.8. The average Bonchev–Trinajstić information content (AvgIpc) is 2.92. The van der Waals surface area contributed by atoms with Crippen LogP contribution in [-0.4, -0.2) is 10.4 Å². The van der Waals surface area contributed by atoms with Crippen LogP contribution in [0, 0.1) is 6.92 Å². The molecule has 0 saturated carbocycles. The van der Waals surface area contributed by atoms with Crippen molar-refractivity contribution in [1.29, 1.82) is 0 Å². The van der Waals surface area contributed by atoms with Gasteiger partial charge in [-0.05, 0) is 36.6 Å². The number of ketones is 1. The molecule has 1 aliphatic heterocycles. The summed E-state index contributed by atoms with van der Waals surface area (Å²) in [6.45, 7) is 5.96. The van der Waals surface area contributed by atoms with E-state index in [4.69, 9.17) is 0 Å². The van der Waals surface area contributed by atoms with Crippen LogP contribution < -0.4 is 5.32 Å². The van der Waals surface area contributed by atoms with Crippen LogP contribution in [0.2, 0.25) is 0 Å². The molecule has 2 aromatic rings. The van der Waals surface area contributed by atoms with Crippen LogP contribution in [0.1, 0.15) is 46.9 Å². The zero-order chi connectivity index (χ0) is 13.6. The normalized spacial score (nSPS) is 14.1. The maximum absolute atomic E-state index is 12.4. The number of nitrogens with zero attached hydrogens (tertiary/aromatic N) is 1. The molecule has 0 spiro atoms. The smallest absolute Gasteiger partial charge is 0.165 e. The summed E-state index contributed by atoms with van der Waals surface area (Å²) >= 11 is 0. The van der Waals surface area contributed by atoms with Crippen LogP contribution in [0.4, 0.5) is 0 Å². The number of aromatic nitrogens is 1. The van der Waals surface area contributed by atoms with Crippen molar-refractivity contribution < 1.29 is 4.79 Å². The minimum atomic E-state index is 0.275. The van der Waals surface area contributed by atoms with Gasteiger partial charge in [0.1, 0.15) is 0 Å². The SMILES string of the molecule is CCCC(=O)c1c(C)n(C)c2cc3c(cc12)CNC3. The zero-order valence-electron chi connectivity index (χ0n) is 11.8. The van der Waals surface area contributed by atoms with E-state index in [2.05, 4.69) is 36.0 Å². The number of carbonyl (C=O) groups excluding carboxylic acids is 1. The molecule has 0 aliphatic carbocycles. The van der Waals surface area contributed by atoms with Crippen LogP contribution in [-0.2, 0) is 20.1 Å². The summed E-state index contributed by atoms with van der Waals surface area (Å²) < 4.78 is 2.15. The minimum Gasteiger partial charge on any atom is -0.347 e. The van der Waals surface area contributed by atoms with Gasteiger partial charge in [-0.3, -0.25) is 4.79 Å². The Morgan fingerprint density at radius 1 is 1.32 bits per heavy atom. The van der Waals surface area contributed by atoms with E-state index < -0.39 is 0 Å². The fraction of sp³-hybridized carbons (Fsp3) is 0.438. The third-order valence-electron chi connectivity index (χ3n) is 4.20. The third kappa shape index (κ3) is 1.80. The predicted octanol–water partition coefficient (Wildman–Crippen LogP) is 3.07. The molecule has 19 heavy (non-hydrogen) atoms. The molecule has 3 heteroatoms. The number of hydrogen-bond acceptors (Lipinski definition) is 2. The largest absolute Gasteiger partial charge is 0.347 e. The second kappa shape index (κ2) is 4.49. The van der Waals surface area contributed by atoms with Crippen LogP contribution in [0.25, 0.3) is 10.9 Å². The molecule has 1 N–H and O–H groups in total. The Morgan fingerprint density at radius 2 is 2.00 bits per heavy atom. The first-order chi connectivity index (χ1) is 9.13. The standard InChI is InChI=1S/C16H20N2O/c1-4-5-15(19)16-10(2)18(3)14-7-12-9-17-8-11(12)6-13(14)16/h6-7,17H,4-5,8-9H2,1-3H3. The maximum Gasteiger partial charge on any atom is 0.165 e. The van der Waals surface area contributed by atoms with Crippen molar-refractivity contribution in [2.75, 3.05) is 0 Å². The first-order valence-corrected chi connectivity index (χ1v) is 6.98. The third-order valence-corrected chi connectivity index (χ3v) is 4.20. The number of benzene rings is 1. The van der Waals surface area contributed by atoms with Gasteiger partial charge in [-0.25, -0.2) is 0 Å². The highest BCUT2D eigenvalue weighted by Gasteiger charge is 2.20. The molecule has 100 valence electrons. The van der Waals surface area contributed by atoms with Crippen molar-refractivity contribution in [3.8, 4) is 0 Å². The number of fused-ring (bicyclic) bond motifs is 2. The van der Waals surface area contributed by atoms with Crippen LogP contribution in [0.5, 0.6) is 0 Å². The Balaban J connectivity index is 2.26. The molecule has 1 aromatic heterocycles. The van der Waals surface area contributed by atoms with E-state index in [0.29, 0.717) is 6.42 Å². The Labute approximate surface area is 113 Å². The lowest BCUT2D eigenvalue weighted by atomic mass is 10.0. The summed E-state index contributed by atoms with van der Waals surface area (Å²) in [5, 5.41) is 4.49. The summed E-state index contributed by atoms with van der Waals surface area (Å²) in [5.74, 6) is 0.275. The molecular formula is C16H20N2O. The van der Waals surface area contributed by atoms with E-state index in [-0.39, 0.29) is 5.78 Å². The van der Waals surface area contributed by atoms with E-state index in [1.165, 1.54) is 16.6 Å². The lowest BCUT2D eigenvalue weighted by Crippen LogP contribution is -2.01. The number of rotatable bonds is 3. The monoisotopic (exact) mass is 256 g/mol. The highest BCUT2D eigenvalue weighted by molar-refractivity contribution is 6.09. The minimum absolute atomic E-state index is 0.275. The van der Waals surface area contributed by atoms with E-state index in [1.807, 2.05) is 6.92 Å². The summed E-state index contributed by atoms with van der Waals surface area (Å²) in [7, 11) is 2.05. The summed E-state index contributed by atoms with van der Waals surface area (Å²) in [4.78, 5) is 12.4. The molecule has 0 saturated heterocycles. The Morgan fingerprint density at radius 3 is 2.68 bits per heavy atom. The maximum atomic E-state index is 12.4. The van der Waals surface area contributed by atoms with Crippen LogP contribution in [0.3, 0.4) is 0 Å². The first-order valence-electron chi connectivity index (χ1n) is 6.98. The van der Waals surface area contributed by atoms with Gasteiger partial charge in [-0.2, -0.15) is 0 Å². The Hall–Kier alpha value is -1.61. The highest BCUT2D eigenvalue weighted by Crippen LogP contribution is 2.30. The molecule has 0 amide bonds. The molecule has 1 aliphatic rings. The van der Waals surface area contributed by atoms with Crippen molar-refractivity contribution in [3.05, 3.63) is 34.5 Å². The van der Waals surface area contributed by atoms with Gasteiger partial charge in [-0.1, -0.05) is 6.92 Å². The van der Waals surface area contributed by atoms with Gasteiger partial charge in [0.05, 0.1) is 0 Å². The highest BCUT2D eigenvalue weighted by atomic mass is 16.1. The number of hydrogen-bond donors (Lipinski definition) is 1. The fourth-order valence-electron chi connectivity index (χ4n) is 3.06. The van der Waals surface area contributed by atoms with E-state index >= 15 is 0 Å². The second-order valence-corrected chi connectivity index (χ2v) is 5.43. The van der Waals surface area contributed by atoms with Crippen molar-refractivity contribution in [1.82, 2.24) is 9.88 Å². The van der Waals surface area contributed by atoms with Crippen molar-refractivity contribution in [2.24, 2.45) is 7.05 Å². The van der Waals surface area contributed by atoms with Gasteiger partial charge in [0.2, 0.25) is 0 Å². The van der Waals surface area contributed by atoms with E-state index in [9.17, 15) is 4.79 Å². The van der Waals surface area contributed by atoms with Gasteiger partial charge >= 0.3 is 0 Å². The molecular weight excluding hydrogens is 236 g/mol. The number of Topliss-reactive ketones (excluding diaryl/α,β-unsaturated/α-hetero) is 1. The number of carbonyl (C=O) groups is 1. The summed E-state index contributed by atoms with van der Waals surface area (Å²) in [6, 6.07) is 4.45. The lowest BCUT2D eigenvalue weighted by Gasteiger charge is -2.02. The molecule has 2 heterocycles. The number of nitrogens with one attached hydrogen (secondary N) is 1. The van der Waals surface area contributed by atoms with Gasteiger partial charge < -0.3 is 9.88 Å². The van der Waals surface area contributed by atoms with Gasteiger partial charge in [0.15, 0.2) is 5.78 Å². The summed E-state index contributed by atoms with van der Waals surface area (Å²) in [5.41, 5.74) is 5.89. The number of aryl methyl sites for hydroxylation is 1. The van der Waals surface area contributed by atoms with Crippen LogP contribution in [0.15, 0.2) is 12.1 Å². The van der Waals surface area contributed by atoms with Gasteiger partial charge in [0.25, 0.3) is 0 Å². The van der Waals surface area contributed by atoms with E-state index in [1.54, 1.807) is 0 Å². The molecule has 0 radical (unpaired) electrons. The Bertz CT molecular complexity index is 667. The topological polar surface area (TPSA) is 34.0 Å². The molecule has 3 rings (SSSR count). The molecule has 0 fully saturated rings. The van der Waals surface area contributed by atoms with E-state index in [0.717, 1.165) is 36.2 Å². The van der Waals surface area contributed by atoms with Crippen molar-refractivity contribution in [2.45, 2.75) is 39.8 Å². The summed E-state index contributed by atoms with van der Waals surface area (Å²) in [6.07, 6.45) is 1.54. The van der Waals surface area contributed by atoms with Crippen molar-refractivity contribution in [3.63, 3.8) is 0 Å². The Kier molecular flexibility index (Phi) is 2.94. The van der Waals surface area contributed by atoms with Crippen molar-refractivity contribution >= 4 is 16.7 Å². The molecule has 0 unspecified atom stereocenters. The van der Waals surface area contributed by atoms with Gasteiger partial charge in [0, 0.05) is 48.7 Å². The second-order valence-electron chi connectivity index (χ2n) is 5.43. The first kappa shape index (κ1) is 12.4. The quantitative estimate of drug-likeness (QED) is 0.856. The van der Waals surface area contributed by atoms with Gasteiger partial charge in [-0.15, -0.1) is 0 Å². The molecule has 3 nitrogen and oxygen atoms in total. The molecule has 0 bridgehead atoms. The lowest BCUT2D eigenvalue weighted by molar-refractivity contribution is 0.0982. The fourth-order valence-corrected chi connectivity index (χ4v) is 3.06. The van der Waals surface area contributed by atoms with Crippen LogP contribution >= 0.6 is 0 Å².